The van der Waals surface area contributed by atoms with E-state index >= 15 is 0 Å². The van der Waals surface area contributed by atoms with E-state index in [1.165, 1.54) is 0 Å². The Bertz CT molecular complexity index is 546. The van der Waals surface area contributed by atoms with Gasteiger partial charge < -0.3 is 10.3 Å². The molecule has 1 heterocycles. The maximum atomic E-state index is 10.7. The maximum absolute atomic E-state index is 10.7. The summed E-state index contributed by atoms with van der Waals surface area (Å²) in [5.41, 5.74) is 6.12. The van der Waals surface area contributed by atoms with Gasteiger partial charge in [-0.1, -0.05) is 34.4 Å². The largest absolute Gasteiger partial charge is 0.369 e. The lowest BCUT2D eigenvalue weighted by molar-refractivity contribution is -0.117. The molecular weight excluding hydrogens is 263 g/mol. The number of nitrogens with two attached hydrogens (primary N) is 1. The van der Waals surface area contributed by atoms with E-state index < -0.39 is 5.91 Å². The van der Waals surface area contributed by atoms with Gasteiger partial charge in [-0.05, 0) is 12.1 Å². The van der Waals surface area contributed by atoms with Crippen LogP contribution in [0.1, 0.15) is 5.76 Å². The van der Waals surface area contributed by atoms with Crippen molar-refractivity contribution in [3.63, 3.8) is 0 Å². The molecule has 0 aliphatic carbocycles. The minimum atomic E-state index is -0.488. The summed E-state index contributed by atoms with van der Waals surface area (Å²) in [6.45, 7) is 0. The van der Waals surface area contributed by atoms with Crippen molar-refractivity contribution < 1.29 is 9.32 Å². The summed E-state index contributed by atoms with van der Waals surface area (Å²) in [7, 11) is 0. The molecule has 0 atom stereocenters. The smallest absolute Gasteiger partial charge is 0.225 e. The number of rotatable bonds is 3. The first-order valence-electron chi connectivity index (χ1n) is 4.76. The normalized spacial score (nSPS) is 10.5. The van der Waals surface area contributed by atoms with Gasteiger partial charge in [0.25, 0.3) is 0 Å². The van der Waals surface area contributed by atoms with E-state index in [2.05, 4.69) is 5.16 Å². The summed E-state index contributed by atoms with van der Waals surface area (Å²) in [4.78, 5) is 10.7. The molecule has 4 nitrogen and oxygen atoms in total. The Morgan fingerprint density at radius 1 is 1.35 bits per heavy atom. The monoisotopic (exact) mass is 270 g/mol. The van der Waals surface area contributed by atoms with Crippen LogP contribution in [0.25, 0.3) is 11.3 Å². The van der Waals surface area contributed by atoms with Gasteiger partial charge in [-0.2, -0.15) is 0 Å². The lowest BCUT2D eigenvalue weighted by atomic mass is 10.1. The van der Waals surface area contributed by atoms with Gasteiger partial charge in [-0.3, -0.25) is 4.79 Å². The van der Waals surface area contributed by atoms with Crippen molar-refractivity contribution in [2.45, 2.75) is 6.42 Å². The molecule has 0 fully saturated rings. The van der Waals surface area contributed by atoms with Gasteiger partial charge in [0.2, 0.25) is 5.91 Å². The molecule has 2 aromatic rings. The number of halogens is 2. The van der Waals surface area contributed by atoms with Crippen molar-refractivity contribution >= 4 is 29.1 Å². The van der Waals surface area contributed by atoms with Gasteiger partial charge in [0.15, 0.2) is 0 Å². The molecule has 0 unspecified atom stereocenters. The van der Waals surface area contributed by atoms with Crippen LogP contribution in [0.2, 0.25) is 10.0 Å². The molecule has 0 saturated carbocycles. The SMILES string of the molecule is NC(=O)Cc1cc(-c2c(Cl)cccc2Cl)no1. The molecule has 1 aromatic carbocycles. The number of carbonyl (C=O) groups excluding carboxylic acids is 1. The first-order valence-corrected chi connectivity index (χ1v) is 5.52. The third-order valence-corrected chi connectivity index (χ3v) is 2.76. The Hall–Kier alpha value is -1.52. The highest BCUT2D eigenvalue weighted by Crippen LogP contribution is 2.33. The number of hydrogen-bond acceptors (Lipinski definition) is 3. The fourth-order valence-corrected chi connectivity index (χ4v) is 2.02. The highest BCUT2D eigenvalue weighted by molar-refractivity contribution is 6.39. The van der Waals surface area contributed by atoms with Crippen molar-refractivity contribution in [2.75, 3.05) is 0 Å². The van der Waals surface area contributed by atoms with Crippen LogP contribution in [0.3, 0.4) is 0 Å². The zero-order chi connectivity index (χ0) is 12.4. The van der Waals surface area contributed by atoms with Crippen molar-refractivity contribution in [2.24, 2.45) is 5.73 Å². The highest BCUT2D eigenvalue weighted by Gasteiger charge is 2.14. The molecule has 0 radical (unpaired) electrons. The van der Waals surface area contributed by atoms with E-state index in [9.17, 15) is 4.79 Å². The van der Waals surface area contributed by atoms with Crippen molar-refractivity contribution in [3.05, 3.63) is 40.1 Å². The molecule has 0 bridgehead atoms. The second-order valence-corrected chi connectivity index (χ2v) is 4.23. The number of hydrogen-bond donors (Lipinski definition) is 1. The van der Waals surface area contributed by atoms with E-state index in [1.54, 1.807) is 24.3 Å². The number of carbonyl (C=O) groups is 1. The molecule has 0 spiro atoms. The predicted octanol–water partition coefficient (Wildman–Crippen LogP) is 2.68. The third-order valence-electron chi connectivity index (χ3n) is 2.13. The Labute approximate surface area is 107 Å². The van der Waals surface area contributed by atoms with Crippen LogP contribution >= 0.6 is 23.2 Å². The van der Waals surface area contributed by atoms with E-state index in [0.29, 0.717) is 27.1 Å². The van der Waals surface area contributed by atoms with Crippen molar-refractivity contribution in [1.29, 1.82) is 0 Å². The minimum absolute atomic E-state index is 0.00489. The van der Waals surface area contributed by atoms with Crippen LogP contribution in [-0.4, -0.2) is 11.1 Å². The molecule has 0 aliphatic rings. The molecule has 2 rings (SSSR count). The standard InChI is InChI=1S/C11H8Cl2N2O2/c12-7-2-1-3-8(13)11(7)9-4-6(17-15-9)5-10(14)16/h1-4H,5H2,(H2,14,16). The first kappa shape index (κ1) is 12.0. The van der Waals surface area contributed by atoms with E-state index in [0.717, 1.165) is 0 Å². The van der Waals surface area contributed by atoms with E-state index in [4.69, 9.17) is 33.5 Å². The van der Waals surface area contributed by atoms with Crippen molar-refractivity contribution in [3.8, 4) is 11.3 Å². The number of primary amides is 1. The second kappa shape index (κ2) is 4.77. The third kappa shape index (κ3) is 2.60. The first-order chi connectivity index (χ1) is 8.08. The quantitative estimate of drug-likeness (QED) is 0.932. The molecule has 1 amide bonds. The van der Waals surface area contributed by atoms with Crippen LogP contribution in [0.4, 0.5) is 0 Å². The molecule has 17 heavy (non-hydrogen) atoms. The molecule has 88 valence electrons. The number of benzene rings is 1. The molecule has 1 aromatic heterocycles. The maximum Gasteiger partial charge on any atom is 0.225 e. The van der Waals surface area contributed by atoms with Gasteiger partial charge in [0.05, 0.1) is 16.5 Å². The van der Waals surface area contributed by atoms with Gasteiger partial charge in [-0.15, -0.1) is 0 Å². The van der Waals surface area contributed by atoms with Crippen LogP contribution in [0.5, 0.6) is 0 Å². The average Bonchev–Trinajstić information content (AvgIpc) is 2.65. The Kier molecular flexibility index (Phi) is 3.36. The Balaban J connectivity index is 2.40. The molecule has 6 heteroatoms. The van der Waals surface area contributed by atoms with E-state index in [1.807, 2.05) is 0 Å². The van der Waals surface area contributed by atoms with Crippen LogP contribution in [-0.2, 0) is 11.2 Å². The predicted molar refractivity (Wildman–Crippen MR) is 64.9 cm³/mol. The van der Waals surface area contributed by atoms with Crippen molar-refractivity contribution in [1.82, 2.24) is 5.16 Å². The summed E-state index contributed by atoms with van der Waals surface area (Å²) in [5, 5.41) is 4.75. The number of aromatic nitrogens is 1. The van der Waals surface area contributed by atoms with Crippen LogP contribution < -0.4 is 5.73 Å². The summed E-state index contributed by atoms with van der Waals surface area (Å²) in [6.07, 6.45) is -0.00489. The van der Waals surface area contributed by atoms with Gasteiger partial charge >= 0.3 is 0 Å². The van der Waals surface area contributed by atoms with Gasteiger partial charge in [0.1, 0.15) is 11.5 Å². The molecule has 0 saturated heterocycles. The summed E-state index contributed by atoms with van der Waals surface area (Å²) in [5.74, 6) is -0.110. The highest BCUT2D eigenvalue weighted by atomic mass is 35.5. The Morgan fingerprint density at radius 3 is 2.59 bits per heavy atom. The minimum Gasteiger partial charge on any atom is -0.369 e. The summed E-state index contributed by atoms with van der Waals surface area (Å²) < 4.78 is 4.97. The topological polar surface area (TPSA) is 69.1 Å². The Morgan fingerprint density at radius 2 is 2.00 bits per heavy atom. The zero-order valence-corrected chi connectivity index (χ0v) is 10.1. The lowest BCUT2D eigenvalue weighted by Crippen LogP contribution is -2.12. The average molecular weight is 271 g/mol. The summed E-state index contributed by atoms with van der Waals surface area (Å²) in [6, 6.07) is 6.73. The fourth-order valence-electron chi connectivity index (χ4n) is 1.43. The van der Waals surface area contributed by atoms with Gasteiger partial charge in [0, 0.05) is 11.6 Å². The fraction of sp³-hybridized carbons (Fsp3) is 0.0909. The second-order valence-electron chi connectivity index (χ2n) is 3.42. The van der Waals surface area contributed by atoms with Crippen LogP contribution in [0, 0.1) is 0 Å². The summed E-state index contributed by atoms with van der Waals surface area (Å²) >= 11 is 12.0. The zero-order valence-electron chi connectivity index (χ0n) is 8.61. The number of amides is 1. The molecule has 0 aliphatic heterocycles. The molecule has 2 N–H and O–H groups in total. The van der Waals surface area contributed by atoms with E-state index in [-0.39, 0.29) is 6.42 Å². The van der Waals surface area contributed by atoms with Gasteiger partial charge in [-0.25, -0.2) is 0 Å². The van der Waals surface area contributed by atoms with Crippen LogP contribution in [0.15, 0.2) is 28.8 Å². The molecular formula is C11H8Cl2N2O2. The number of nitrogens with zero attached hydrogens (tertiary/aromatic N) is 1. The lowest BCUT2D eigenvalue weighted by Gasteiger charge is -2.01.